The van der Waals surface area contributed by atoms with Crippen LogP contribution in [0.25, 0.3) is 22.2 Å². The first-order valence-electron chi connectivity index (χ1n) is 19.7. The van der Waals surface area contributed by atoms with Gasteiger partial charge in [-0.1, -0.05) is 25.3 Å². The van der Waals surface area contributed by atoms with Crippen LogP contribution in [0.1, 0.15) is 107 Å². The summed E-state index contributed by atoms with van der Waals surface area (Å²) in [6.07, 6.45) is 6.93. The molecule has 2 atom stereocenters. The fourth-order valence-electron chi connectivity index (χ4n) is 8.86. The number of rotatable bonds is 9. The summed E-state index contributed by atoms with van der Waals surface area (Å²) in [6, 6.07) is 11.4. The van der Waals surface area contributed by atoms with Crippen molar-refractivity contribution in [3.63, 3.8) is 0 Å². The molecule has 55 heavy (non-hydrogen) atoms. The number of nitrogens with zero attached hydrogens (tertiary/aromatic N) is 4. The van der Waals surface area contributed by atoms with Crippen LogP contribution in [0.5, 0.6) is 5.75 Å². The molecule has 2 saturated heterocycles. The summed E-state index contributed by atoms with van der Waals surface area (Å²) < 4.78 is 42.1. The Bertz CT molecular complexity index is 2060. The van der Waals surface area contributed by atoms with Crippen LogP contribution in [-0.2, 0) is 26.3 Å². The Kier molecular flexibility index (Phi) is 11.4. The second kappa shape index (κ2) is 15.4. The van der Waals surface area contributed by atoms with Crippen molar-refractivity contribution in [2.75, 3.05) is 40.8 Å². The molecule has 3 amide bonds. The van der Waals surface area contributed by atoms with Gasteiger partial charge in [0.15, 0.2) is 0 Å². The number of aromatic nitrogens is 1. The van der Waals surface area contributed by atoms with Crippen molar-refractivity contribution < 1.29 is 32.3 Å². The first-order valence-corrected chi connectivity index (χ1v) is 21.1. The molecule has 300 valence electrons. The molecule has 2 aliphatic heterocycles. The molecule has 13 heteroatoms. The predicted molar refractivity (Wildman–Crippen MR) is 214 cm³/mol. The van der Waals surface area contributed by atoms with Gasteiger partial charge in [-0.25, -0.2) is 9.52 Å². The number of fused-ring (bicyclic) bond motifs is 2. The van der Waals surface area contributed by atoms with Gasteiger partial charge in [0, 0.05) is 62.3 Å². The number of piperidine rings is 1. The van der Waals surface area contributed by atoms with Gasteiger partial charge in [-0.05, 0) is 121 Å². The Morgan fingerprint density at radius 1 is 0.927 bits per heavy atom. The number of nitrogens with one attached hydrogen (secondary N) is 1. The van der Waals surface area contributed by atoms with Crippen molar-refractivity contribution in [1.82, 2.24) is 23.4 Å². The van der Waals surface area contributed by atoms with E-state index < -0.39 is 27.1 Å². The molecule has 1 saturated carbocycles. The lowest BCUT2D eigenvalue weighted by atomic mass is 9.81. The summed E-state index contributed by atoms with van der Waals surface area (Å²) in [5.74, 6) is 0.450. The molecule has 6 rings (SSSR count). The number of hydrogen-bond acceptors (Lipinski definition) is 7. The molecule has 2 unspecified atom stereocenters. The fourth-order valence-corrected chi connectivity index (χ4v) is 9.39. The van der Waals surface area contributed by atoms with Crippen molar-refractivity contribution in [1.29, 1.82) is 0 Å². The Hall–Kier alpha value is -4.10. The molecule has 1 aromatic heterocycles. The van der Waals surface area contributed by atoms with E-state index in [-0.39, 0.29) is 35.4 Å². The molecule has 1 N–H and O–H groups in total. The van der Waals surface area contributed by atoms with E-state index >= 15 is 0 Å². The zero-order valence-electron chi connectivity index (χ0n) is 34.0. The van der Waals surface area contributed by atoms with Gasteiger partial charge >= 0.3 is 16.3 Å². The number of likely N-dealkylation sites (tertiary alicyclic amines) is 2. The maximum atomic E-state index is 14.8. The predicted octanol–water partition coefficient (Wildman–Crippen LogP) is 7.09. The maximum absolute atomic E-state index is 14.8. The molecule has 0 spiro atoms. The highest BCUT2D eigenvalue weighted by Crippen LogP contribution is 2.47. The highest BCUT2D eigenvalue weighted by Gasteiger charge is 2.46. The van der Waals surface area contributed by atoms with Crippen LogP contribution < -0.4 is 9.46 Å². The summed E-state index contributed by atoms with van der Waals surface area (Å²) in [6.45, 7) is 13.5. The maximum Gasteiger partial charge on any atom is 0.410 e. The van der Waals surface area contributed by atoms with Gasteiger partial charge in [0.05, 0.1) is 24.3 Å². The second-order valence-corrected chi connectivity index (χ2v) is 19.4. The second-order valence-electron chi connectivity index (χ2n) is 17.6. The molecule has 3 aliphatic rings. The van der Waals surface area contributed by atoms with Crippen molar-refractivity contribution >= 4 is 39.0 Å². The molecule has 0 bridgehead atoms. The van der Waals surface area contributed by atoms with Crippen LogP contribution >= 0.6 is 0 Å². The topological polar surface area (TPSA) is 130 Å². The Balaban J connectivity index is 1.45. The highest BCUT2D eigenvalue weighted by atomic mass is 32.2. The van der Waals surface area contributed by atoms with E-state index in [0.717, 1.165) is 76.3 Å². The van der Waals surface area contributed by atoms with E-state index in [1.807, 2.05) is 62.6 Å². The number of carbonyl (C=O) groups is 3. The Labute approximate surface area is 326 Å². The number of aryl methyl sites for hydroxylation is 1. The number of amides is 3. The molecule has 3 heterocycles. The first-order chi connectivity index (χ1) is 25.8. The van der Waals surface area contributed by atoms with Crippen LogP contribution in [-0.4, -0.2) is 97.5 Å². The van der Waals surface area contributed by atoms with Crippen LogP contribution in [0, 0.1) is 18.3 Å². The standard InChI is InChI=1S/C42H59N5O7S/c1-27-22-31(53-9)18-20-32(27)37-36(28-14-11-10-12-15-28)33-19-17-29(38(48)43-55(51,52)44(7)8)23-34(33)47(37)26-42(5,6)39(49)45-24-30-16-13-21-46(35(30)25-45)40(50)54-41(2,3)4/h17-20,22-23,28,30,35H,10-16,21,24-26H2,1-9H3,(H,43,48). The van der Waals surface area contributed by atoms with Crippen LogP contribution in [0.3, 0.4) is 0 Å². The third-order valence-electron chi connectivity index (χ3n) is 11.6. The molecule has 2 aromatic carbocycles. The van der Waals surface area contributed by atoms with E-state index in [4.69, 9.17) is 9.47 Å². The van der Waals surface area contributed by atoms with Gasteiger partial charge in [0.2, 0.25) is 5.91 Å². The number of ether oxygens (including phenoxy) is 2. The van der Waals surface area contributed by atoms with Crippen LogP contribution in [0.2, 0.25) is 0 Å². The third-order valence-corrected chi connectivity index (χ3v) is 13.0. The largest absolute Gasteiger partial charge is 0.497 e. The van der Waals surface area contributed by atoms with Crippen molar-refractivity contribution in [3.05, 3.63) is 53.1 Å². The molecule has 1 aliphatic carbocycles. The van der Waals surface area contributed by atoms with Gasteiger partial charge in [-0.2, -0.15) is 12.7 Å². The number of benzene rings is 2. The van der Waals surface area contributed by atoms with E-state index in [0.29, 0.717) is 26.2 Å². The number of carbonyl (C=O) groups excluding carboxylic acids is 3. The lowest BCUT2D eigenvalue weighted by Gasteiger charge is -2.37. The highest BCUT2D eigenvalue weighted by molar-refractivity contribution is 7.87. The lowest BCUT2D eigenvalue weighted by molar-refractivity contribution is -0.140. The zero-order valence-corrected chi connectivity index (χ0v) is 34.8. The van der Waals surface area contributed by atoms with Crippen molar-refractivity contribution in [2.24, 2.45) is 11.3 Å². The van der Waals surface area contributed by atoms with E-state index in [1.54, 1.807) is 19.2 Å². The third kappa shape index (κ3) is 8.38. The van der Waals surface area contributed by atoms with Crippen LogP contribution in [0.4, 0.5) is 4.79 Å². The summed E-state index contributed by atoms with van der Waals surface area (Å²) >= 11 is 0. The zero-order chi connectivity index (χ0) is 40.0. The van der Waals surface area contributed by atoms with Gasteiger partial charge in [0.25, 0.3) is 5.91 Å². The Morgan fingerprint density at radius 3 is 2.27 bits per heavy atom. The van der Waals surface area contributed by atoms with Gasteiger partial charge in [-0.15, -0.1) is 0 Å². The van der Waals surface area contributed by atoms with Crippen LogP contribution in [0.15, 0.2) is 36.4 Å². The summed E-state index contributed by atoms with van der Waals surface area (Å²) in [7, 11) is 0.358. The van der Waals surface area contributed by atoms with E-state index in [9.17, 15) is 22.8 Å². The lowest BCUT2D eigenvalue weighted by Crippen LogP contribution is -2.50. The van der Waals surface area contributed by atoms with E-state index in [1.165, 1.54) is 26.1 Å². The average molecular weight is 778 g/mol. The summed E-state index contributed by atoms with van der Waals surface area (Å²) in [5.41, 5.74) is 3.70. The number of hydrogen-bond donors (Lipinski definition) is 1. The minimum atomic E-state index is -4.03. The molecule has 3 aromatic rings. The quantitative estimate of drug-likeness (QED) is 0.246. The minimum Gasteiger partial charge on any atom is -0.497 e. The van der Waals surface area contributed by atoms with Crippen molar-refractivity contribution in [2.45, 2.75) is 111 Å². The summed E-state index contributed by atoms with van der Waals surface area (Å²) in [4.78, 5) is 45.3. The van der Waals surface area contributed by atoms with E-state index in [2.05, 4.69) is 22.3 Å². The van der Waals surface area contributed by atoms with Gasteiger partial charge in [-0.3, -0.25) is 9.59 Å². The fraction of sp³-hybridized carbons (Fsp3) is 0.595. The SMILES string of the molecule is COc1ccc(-c2c(C3CCCCC3)c3ccc(C(=O)NS(=O)(=O)N(C)C)cc3n2CC(C)(C)C(=O)N2CC3CCCN(C(=O)OC(C)(C)C)C3C2)c(C)c1. The average Bonchev–Trinajstić information content (AvgIpc) is 3.69. The van der Waals surface area contributed by atoms with Gasteiger partial charge in [0.1, 0.15) is 11.4 Å². The summed E-state index contributed by atoms with van der Waals surface area (Å²) in [5, 5.41) is 0.993. The van der Waals surface area contributed by atoms with Gasteiger partial charge < -0.3 is 23.8 Å². The van der Waals surface area contributed by atoms with Crippen molar-refractivity contribution in [3.8, 4) is 17.0 Å². The molecule has 0 radical (unpaired) electrons. The molecule has 3 fully saturated rings. The molecular formula is C42H59N5O7S. The monoisotopic (exact) mass is 777 g/mol. The smallest absolute Gasteiger partial charge is 0.410 e. The number of methoxy groups -OCH3 is 1. The minimum absolute atomic E-state index is 0.00418. The first kappa shape index (κ1) is 40.6. The Morgan fingerprint density at radius 2 is 1.64 bits per heavy atom. The molecular weight excluding hydrogens is 719 g/mol. The normalized spacial score (nSPS) is 19.8. The molecule has 12 nitrogen and oxygen atoms in total.